The Morgan fingerprint density at radius 3 is 1.12 bits per heavy atom. The number of carbonyl (C=O) groups is 4. The lowest BCUT2D eigenvalue weighted by molar-refractivity contribution is -0.301. The number of aliphatic carboxylic acids is 1. The van der Waals surface area contributed by atoms with Crippen molar-refractivity contribution in [2.75, 3.05) is 13.2 Å². The molecule has 3 N–H and O–H groups in total. The normalized spacial score (nSPS) is 18.0. The summed E-state index contributed by atoms with van der Waals surface area (Å²) in [5.41, 5.74) is 0. The van der Waals surface area contributed by atoms with E-state index in [1.54, 1.807) is 0 Å². The van der Waals surface area contributed by atoms with Crippen molar-refractivity contribution in [1.29, 1.82) is 0 Å². The summed E-state index contributed by atoms with van der Waals surface area (Å²) in [6.45, 7) is 6.04. The Morgan fingerprint density at radius 2 is 0.740 bits per heavy atom. The molecule has 452 valence electrons. The Bertz CT molecular complexity index is 1390. The summed E-state index contributed by atoms with van der Waals surface area (Å²) in [6.07, 6.45) is 48.9. The van der Waals surface area contributed by atoms with Gasteiger partial charge in [0.15, 0.2) is 24.6 Å². The van der Waals surface area contributed by atoms with Gasteiger partial charge in [0.05, 0.1) is 6.61 Å². The zero-order valence-electron chi connectivity index (χ0n) is 50.0. The van der Waals surface area contributed by atoms with Gasteiger partial charge in [-0.05, 0) is 44.9 Å². The molecule has 77 heavy (non-hydrogen) atoms. The first-order chi connectivity index (χ1) is 37.6. The van der Waals surface area contributed by atoms with Gasteiger partial charge in [-0.3, -0.25) is 14.4 Å². The van der Waals surface area contributed by atoms with Gasteiger partial charge in [0.2, 0.25) is 0 Å². The van der Waals surface area contributed by atoms with E-state index in [9.17, 15) is 34.5 Å². The Balaban J connectivity index is 2.64. The molecule has 0 aromatic carbocycles. The van der Waals surface area contributed by atoms with Crippen LogP contribution in [0.5, 0.6) is 0 Å². The minimum atomic E-state index is -1.90. The number of rotatable bonds is 57. The van der Waals surface area contributed by atoms with Crippen LogP contribution in [0.25, 0.3) is 0 Å². The highest BCUT2D eigenvalue weighted by atomic mass is 16.7. The molecule has 6 unspecified atom stereocenters. The van der Waals surface area contributed by atoms with Gasteiger partial charge in [0.25, 0.3) is 0 Å². The first-order valence-electron chi connectivity index (χ1n) is 32.7. The van der Waals surface area contributed by atoms with Crippen molar-refractivity contribution >= 4 is 23.9 Å². The number of carboxylic acids is 1. The number of aliphatic hydroxyl groups is 2. The van der Waals surface area contributed by atoms with Gasteiger partial charge in [-0.1, -0.05) is 277 Å². The zero-order valence-corrected chi connectivity index (χ0v) is 50.0. The number of hydrogen-bond acceptors (Lipinski definition) is 11. The maximum absolute atomic E-state index is 13.2. The van der Waals surface area contributed by atoms with E-state index in [1.165, 1.54) is 193 Å². The largest absolute Gasteiger partial charge is 0.479 e. The fourth-order valence-corrected chi connectivity index (χ4v) is 10.3. The molecule has 0 aromatic heterocycles. The lowest BCUT2D eigenvalue weighted by atomic mass is 9.98. The van der Waals surface area contributed by atoms with Crippen molar-refractivity contribution in [3.63, 3.8) is 0 Å². The Hall–Kier alpha value is -2.54. The summed E-state index contributed by atoms with van der Waals surface area (Å²) in [7, 11) is 0. The molecule has 0 aliphatic carbocycles. The molecule has 6 atom stereocenters. The summed E-state index contributed by atoms with van der Waals surface area (Å²) in [6, 6.07) is 0. The van der Waals surface area contributed by atoms with Crippen LogP contribution in [0.15, 0.2) is 12.2 Å². The molecule has 0 radical (unpaired) electrons. The molecule has 0 amide bonds. The molecule has 12 heteroatoms. The monoisotopic (exact) mass is 1090 g/mol. The summed E-state index contributed by atoms with van der Waals surface area (Å²) in [5, 5.41) is 31.5. The van der Waals surface area contributed by atoms with E-state index in [0.717, 1.165) is 77.0 Å². The molecule has 1 fully saturated rings. The predicted octanol–water partition coefficient (Wildman–Crippen LogP) is 17.2. The highest BCUT2D eigenvalue weighted by Crippen LogP contribution is 2.27. The van der Waals surface area contributed by atoms with Crippen LogP contribution in [0, 0.1) is 0 Å². The van der Waals surface area contributed by atoms with Crippen LogP contribution in [0.4, 0.5) is 0 Å². The standard InChI is InChI=1S/C65H120O12/c1-4-7-10-13-16-19-22-25-27-29-31-34-36-39-42-45-48-51-57(66)73-54-56(75-58(67)52-49-46-43-40-38-35-32-30-28-26-23-20-17-14-11-8-5-2)55-74-65-63(61(70)60(69)62(77-65)64(71)72)76-59(68)53-50-47-44-41-37-33-24-21-18-15-12-9-6-3/h21,24,56,60-63,65,69-70H,4-20,22-23,25-55H2,1-3H3,(H,71,72)/b24-21-. The van der Waals surface area contributed by atoms with Gasteiger partial charge in [-0.2, -0.15) is 0 Å². The van der Waals surface area contributed by atoms with Crippen molar-refractivity contribution in [2.24, 2.45) is 0 Å². The van der Waals surface area contributed by atoms with Gasteiger partial charge in [-0.25, -0.2) is 4.79 Å². The molecule has 12 nitrogen and oxygen atoms in total. The van der Waals surface area contributed by atoms with Crippen LogP contribution in [-0.2, 0) is 42.9 Å². The molecular formula is C65H120O12. The Morgan fingerprint density at radius 1 is 0.416 bits per heavy atom. The van der Waals surface area contributed by atoms with Crippen LogP contribution in [0.2, 0.25) is 0 Å². The molecule has 0 aromatic rings. The van der Waals surface area contributed by atoms with Crippen molar-refractivity contribution in [1.82, 2.24) is 0 Å². The van der Waals surface area contributed by atoms with E-state index in [-0.39, 0.29) is 25.9 Å². The number of carboxylic acid groups (broad SMARTS) is 1. The van der Waals surface area contributed by atoms with E-state index in [1.807, 2.05) is 0 Å². The van der Waals surface area contributed by atoms with E-state index in [2.05, 4.69) is 32.9 Å². The number of allylic oxidation sites excluding steroid dienone is 2. The minimum absolute atomic E-state index is 0.0566. The van der Waals surface area contributed by atoms with E-state index in [0.29, 0.717) is 19.3 Å². The van der Waals surface area contributed by atoms with Crippen LogP contribution >= 0.6 is 0 Å². The third-order valence-electron chi connectivity index (χ3n) is 15.3. The average molecular weight is 1090 g/mol. The van der Waals surface area contributed by atoms with Crippen LogP contribution in [0.3, 0.4) is 0 Å². The van der Waals surface area contributed by atoms with Gasteiger partial charge < -0.3 is 39.0 Å². The van der Waals surface area contributed by atoms with Gasteiger partial charge in [-0.15, -0.1) is 0 Å². The third-order valence-corrected chi connectivity index (χ3v) is 15.3. The van der Waals surface area contributed by atoms with Crippen LogP contribution < -0.4 is 0 Å². The number of hydrogen-bond donors (Lipinski definition) is 3. The van der Waals surface area contributed by atoms with E-state index >= 15 is 0 Å². The Labute approximate surface area is 471 Å². The number of unbranched alkanes of at least 4 members (excludes halogenated alkanes) is 41. The summed E-state index contributed by atoms with van der Waals surface area (Å²) < 4.78 is 28.5. The number of ether oxygens (including phenoxy) is 5. The Kier molecular flexibility index (Phi) is 50.9. The highest BCUT2D eigenvalue weighted by molar-refractivity contribution is 5.74. The minimum Gasteiger partial charge on any atom is -0.479 e. The molecule has 1 aliphatic heterocycles. The smallest absolute Gasteiger partial charge is 0.335 e. The fraction of sp³-hybridized carbons (Fsp3) is 0.908. The lowest BCUT2D eigenvalue weighted by Gasteiger charge is -2.40. The summed E-state index contributed by atoms with van der Waals surface area (Å²) in [4.78, 5) is 51.3. The number of aliphatic hydroxyl groups excluding tert-OH is 2. The van der Waals surface area contributed by atoms with Gasteiger partial charge >= 0.3 is 23.9 Å². The molecule has 1 heterocycles. The maximum Gasteiger partial charge on any atom is 0.335 e. The van der Waals surface area contributed by atoms with Crippen LogP contribution in [0.1, 0.15) is 329 Å². The topological polar surface area (TPSA) is 175 Å². The second kappa shape index (κ2) is 54.1. The molecule has 1 aliphatic rings. The molecule has 1 saturated heterocycles. The first kappa shape index (κ1) is 72.5. The second-order valence-electron chi connectivity index (χ2n) is 22.8. The van der Waals surface area contributed by atoms with Gasteiger partial charge in [0.1, 0.15) is 18.8 Å². The molecule has 0 spiro atoms. The van der Waals surface area contributed by atoms with Crippen molar-refractivity contribution in [2.45, 2.75) is 366 Å². The first-order valence-corrected chi connectivity index (χ1v) is 32.7. The zero-order chi connectivity index (χ0) is 56.1. The molecule has 0 bridgehead atoms. The molecular weight excluding hydrogens is 973 g/mol. The lowest BCUT2D eigenvalue weighted by Crippen LogP contribution is -2.61. The van der Waals surface area contributed by atoms with E-state index < -0.39 is 67.3 Å². The van der Waals surface area contributed by atoms with Crippen molar-refractivity contribution < 1.29 is 58.2 Å². The number of esters is 3. The van der Waals surface area contributed by atoms with Crippen LogP contribution in [-0.4, -0.2) is 89.2 Å². The van der Waals surface area contributed by atoms with Crippen molar-refractivity contribution in [3.05, 3.63) is 12.2 Å². The second-order valence-corrected chi connectivity index (χ2v) is 22.8. The fourth-order valence-electron chi connectivity index (χ4n) is 10.3. The summed E-state index contributed by atoms with van der Waals surface area (Å²) >= 11 is 0. The quantitative estimate of drug-likeness (QED) is 0.0228. The van der Waals surface area contributed by atoms with Gasteiger partial charge in [0, 0.05) is 19.3 Å². The summed E-state index contributed by atoms with van der Waals surface area (Å²) in [5.74, 6) is -3.08. The average Bonchev–Trinajstić information content (AvgIpc) is 3.42. The predicted molar refractivity (Wildman–Crippen MR) is 313 cm³/mol. The highest BCUT2D eigenvalue weighted by Gasteiger charge is 2.50. The third kappa shape index (κ3) is 43.9. The molecule has 0 saturated carbocycles. The molecule has 1 rings (SSSR count). The van der Waals surface area contributed by atoms with E-state index in [4.69, 9.17) is 23.7 Å². The van der Waals surface area contributed by atoms with Crippen molar-refractivity contribution in [3.8, 4) is 0 Å². The SMILES string of the molecule is CCCCCC/C=C\CCCCCCCC(=O)OC1C(OCC(COC(=O)CCCCCCCCCCCCCCCCCCC)OC(=O)CCCCCCCCCCCCCCCCCCC)OC(C(=O)O)C(O)C1O. The number of carbonyl (C=O) groups excluding carboxylic acids is 3. The maximum atomic E-state index is 13.2.